The number of benzene rings is 1. The Bertz CT molecular complexity index is 623. The third kappa shape index (κ3) is 3.04. The zero-order valence-electron chi connectivity index (χ0n) is 12.5. The van der Waals surface area contributed by atoms with Gasteiger partial charge in [-0.05, 0) is 25.0 Å². The van der Waals surface area contributed by atoms with Crippen LogP contribution in [0.15, 0.2) is 18.2 Å². The van der Waals surface area contributed by atoms with Crippen molar-refractivity contribution in [3.05, 3.63) is 29.6 Å². The molecular weight excluding hydrogens is 270 g/mol. The SMILES string of the molecule is CCCCc1c(C=O)nnn1-c1ccc(OC)c(OC)c1. The lowest BCUT2D eigenvalue weighted by atomic mass is 10.1. The van der Waals surface area contributed by atoms with Crippen molar-refractivity contribution < 1.29 is 14.3 Å². The van der Waals surface area contributed by atoms with E-state index in [2.05, 4.69) is 17.2 Å². The van der Waals surface area contributed by atoms with Crippen molar-refractivity contribution >= 4 is 6.29 Å². The fraction of sp³-hybridized carbons (Fsp3) is 0.400. The summed E-state index contributed by atoms with van der Waals surface area (Å²) < 4.78 is 12.2. The van der Waals surface area contributed by atoms with Gasteiger partial charge in [0.25, 0.3) is 0 Å². The van der Waals surface area contributed by atoms with Crippen molar-refractivity contribution in [3.63, 3.8) is 0 Å². The molecule has 0 radical (unpaired) electrons. The summed E-state index contributed by atoms with van der Waals surface area (Å²) in [6.07, 6.45) is 3.51. The van der Waals surface area contributed by atoms with E-state index in [1.54, 1.807) is 25.0 Å². The third-order valence-corrected chi connectivity index (χ3v) is 3.28. The number of hydrogen-bond acceptors (Lipinski definition) is 5. The van der Waals surface area contributed by atoms with Crippen molar-refractivity contribution in [3.8, 4) is 17.2 Å². The maximum atomic E-state index is 11.1. The average molecular weight is 289 g/mol. The van der Waals surface area contributed by atoms with Gasteiger partial charge in [-0.3, -0.25) is 4.79 Å². The van der Waals surface area contributed by atoms with E-state index >= 15 is 0 Å². The van der Waals surface area contributed by atoms with Gasteiger partial charge >= 0.3 is 0 Å². The van der Waals surface area contributed by atoms with Crippen molar-refractivity contribution in [2.75, 3.05) is 14.2 Å². The molecule has 2 rings (SSSR count). The van der Waals surface area contributed by atoms with E-state index in [9.17, 15) is 4.79 Å². The van der Waals surface area contributed by atoms with Crippen LogP contribution in [-0.2, 0) is 6.42 Å². The normalized spacial score (nSPS) is 10.4. The van der Waals surface area contributed by atoms with Crippen LogP contribution < -0.4 is 9.47 Å². The maximum absolute atomic E-state index is 11.1. The summed E-state index contributed by atoms with van der Waals surface area (Å²) in [6, 6.07) is 5.48. The zero-order chi connectivity index (χ0) is 15.2. The summed E-state index contributed by atoms with van der Waals surface area (Å²) in [5.74, 6) is 1.26. The number of hydrogen-bond donors (Lipinski definition) is 0. The fourth-order valence-corrected chi connectivity index (χ4v) is 2.15. The Morgan fingerprint density at radius 1 is 1.24 bits per heavy atom. The van der Waals surface area contributed by atoms with Gasteiger partial charge in [0, 0.05) is 6.07 Å². The lowest BCUT2D eigenvalue weighted by Gasteiger charge is -2.11. The second kappa shape index (κ2) is 6.88. The molecule has 2 aromatic rings. The molecule has 0 N–H and O–H groups in total. The first-order valence-corrected chi connectivity index (χ1v) is 6.87. The molecule has 6 nitrogen and oxygen atoms in total. The van der Waals surface area contributed by atoms with E-state index in [0.717, 1.165) is 36.9 Å². The molecule has 1 aromatic carbocycles. The van der Waals surface area contributed by atoms with Crippen LogP contribution in [0, 0.1) is 0 Å². The molecule has 0 aliphatic carbocycles. The molecule has 0 saturated carbocycles. The minimum atomic E-state index is 0.387. The molecule has 112 valence electrons. The van der Waals surface area contributed by atoms with Gasteiger partial charge in [-0.25, -0.2) is 4.68 Å². The van der Waals surface area contributed by atoms with Crippen molar-refractivity contribution in [2.24, 2.45) is 0 Å². The van der Waals surface area contributed by atoms with E-state index < -0.39 is 0 Å². The number of aldehydes is 1. The second-order valence-electron chi connectivity index (χ2n) is 4.59. The summed E-state index contributed by atoms with van der Waals surface area (Å²) in [6.45, 7) is 2.10. The van der Waals surface area contributed by atoms with Gasteiger partial charge in [0.1, 0.15) is 5.69 Å². The molecule has 0 saturated heterocycles. The highest BCUT2D eigenvalue weighted by molar-refractivity contribution is 5.73. The van der Waals surface area contributed by atoms with E-state index in [1.807, 2.05) is 12.1 Å². The third-order valence-electron chi connectivity index (χ3n) is 3.28. The molecule has 0 unspecified atom stereocenters. The van der Waals surface area contributed by atoms with Gasteiger partial charge in [-0.15, -0.1) is 5.10 Å². The molecule has 21 heavy (non-hydrogen) atoms. The van der Waals surface area contributed by atoms with Crippen LogP contribution >= 0.6 is 0 Å². The number of carbonyl (C=O) groups is 1. The van der Waals surface area contributed by atoms with Crippen LogP contribution in [0.5, 0.6) is 11.5 Å². The number of rotatable bonds is 7. The summed E-state index contributed by atoms with van der Waals surface area (Å²) in [5.41, 5.74) is 2.00. The Hall–Kier alpha value is -2.37. The zero-order valence-corrected chi connectivity index (χ0v) is 12.5. The van der Waals surface area contributed by atoms with Crippen molar-refractivity contribution in [2.45, 2.75) is 26.2 Å². The van der Waals surface area contributed by atoms with Crippen LogP contribution in [0.1, 0.15) is 35.9 Å². The molecule has 0 atom stereocenters. The summed E-state index contributed by atoms with van der Waals surface area (Å²) in [7, 11) is 3.17. The van der Waals surface area contributed by atoms with Gasteiger partial charge < -0.3 is 9.47 Å². The first-order valence-electron chi connectivity index (χ1n) is 6.87. The highest BCUT2D eigenvalue weighted by Gasteiger charge is 2.15. The molecular formula is C15H19N3O3. The minimum Gasteiger partial charge on any atom is -0.493 e. The fourth-order valence-electron chi connectivity index (χ4n) is 2.15. The molecule has 1 aromatic heterocycles. The van der Waals surface area contributed by atoms with Gasteiger partial charge in [0.05, 0.1) is 25.6 Å². The minimum absolute atomic E-state index is 0.387. The van der Waals surface area contributed by atoms with Gasteiger partial charge in [0.2, 0.25) is 0 Å². The van der Waals surface area contributed by atoms with E-state index in [-0.39, 0.29) is 0 Å². The number of carbonyl (C=O) groups excluding carboxylic acids is 1. The quantitative estimate of drug-likeness (QED) is 0.732. The van der Waals surface area contributed by atoms with Crippen molar-refractivity contribution in [1.82, 2.24) is 15.0 Å². The topological polar surface area (TPSA) is 66.2 Å². The van der Waals surface area contributed by atoms with Crippen LogP contribution in [0.2, 0.25) is 0 Å². The van der Waals surface area contributed by atoms with Crippen LogP contribution in [-0.4, -0.2) is 35.5 Å². The highest BCUT2D eigenvalue weighted by Crippen LogP contribution is 2.29. The molecule has 1 heterocycles. The lowest BCUT2D eigenvalue weighted by molar-refractivity contribution is 0.111. The van der Waals surface area contributed by atoms with Gasteiger partial charge in [0.15, 0.2) is 17.8 Å². The highest BCUT2D eigenvalue weighted by atomic mass is 16.5. The Morgan fingerprint density at radius 3 is 2.62 bits per heavy atom. The standard InChI is InChI=1S/C15H19N3O3/c1-4-5-6-13-12(10-19)16-17-18(13)11-7-8-14(20-2)15(9-11)21-3/h7-10H,4-6H2,1-3H3. The van der Waals surface area contributed by atoms with Crippen LogP contribution in [0.4, 0.5) is 0 Å². The van der Waals surface area contributed by atoms with E-state index in [1.165, 1.54) is 0 Å². The van der Waals surface area contributed by atoms with Gasteiger partial charge in [-0.1, -0.05) is 18.6 Å². The van der Waals surface area contributed by atoms with E-state index in [4.69, 9.17) is 9.47 Å². The van der Waals surface area contributed by atoms with Crippen LogP contribution in [0.25, 0.3) is 5.69 Å². The largest absolute Gasteiger partial charge is 0.493 e. The molecule has 6 heteroatoms. The molecule has 0 aliphatic rings. The van der Waals surface area contributed by atoms with Gasteiger partial charge in [-0.2, -0.15) is 0 Å². The second-order valence-corrected chi connectivity index (χ2v) is 4.59. The molecule has 0 aliphatic heterocycles. The number of ether oxygens (including phenoxy) is 2. The number of unbranched alkanes of at least 4 members (excludes halogenated alkanes) is 1. The Kier molecular flexibility index (Phi) is 4.92. The molecule has 0 amide bonds. The predicted molar refractivity (Wildman–Crippen MR) is 78.5 cm³/mol. The first-order chi connectivity index (χ1) is 10.2. The Morgan fingerprint density at radius 2 is 2.00 bits per heavy atom. The van der Waals surface area contributed by atoms with Crippen LogP contribution in [0.3, 0.4) is 0 Å². The summed E-state index contributed by atoms with van der Waals surface area (Å²) in [5, 5.41) is 8.01. The smallest absolute Gasteiger partial charge is 0.172 e. The predicted octanol–water partition coefficient (Wildman–Crippen LogP) is 2.44. The lowest BCUT2D eigenvalue weighted by Crippen LogP contribution is -2.04. The summed E-state index contributed by atoms with van der Waals surface area (Å²) in [4.78, 5) is 11.1. The van der Waals surface area contributed by atoms with E-state index in [0.29, 0.717) is 17.2 Å². The summed E-state index contributed by atoms with van der Waals surface area (Å²) >= 11 is 0. The number of methoxy groups -OCH3 is 2. The average Bonchev–Trinajstić information content (AvgIpc) is 2.94. The Labute approximate surface area is 123 Å². The maximum Gasteiger partial charge on any atom is 0.172 e. The van der Waals surface area contributed by atoms with Crippen molar-refractivity contribution in [1.29, 1.82) is 0 Å². The Balaban J connectivity index is 2.46. The number of nitrogens with zero attached hydrogens (tertiary/aromatic N) is 3. The number of aromatic nitrogens is 3. The molecule has 0 spiro atoms. The first kappa shape index (κ1) is 15.0. The monoisotopic (exact) mass is 289 g/mol. The molecule has 0 fully saturated rings. The molecule has 0 bridgehead atoms.